The van der Waals surface area contributed by atoms with Crippen molar-refractivity contribution >= 4 is 6.03 Å². The zero-order valence-corrected chi connectivity index (χ0v) is 10.1. The van der Waals surface area contributed by atoms with Crippen molar-refractivity contribution in [2.24, 2.45) is 11.3 Å². The molecule has 0 bridgehead atoms. The van der Waals surface area contributed by atoms with Gasteiger partial charge in [0, 0.05) is 12.6 Å². The molecule has 1 unspecified atom stereocenters. The molecule has 3 N–H and O–H groups in total. The largest absolute Gasteiger partial charge is 0.391 e. The number of aliphatic hydroxyl groups is 1. The van der Waals surface area contributed by atoms with Crippen molar-refractivity contribution in [1.29, 1.82) is 0 Å². The van der Waals surface area contributed by atoms with Gasteiger partial charge in [-0.15, -0.1) is 0 Å². The molecule has 0 saturated heterocycles. The lowest BCUT2D eigenvalue weighted by Crippen LogP contribution is -2.44. The van der Waals surface area contributed by atoms with E-state index in [2.05, 4.69) is 24.5 Å². The summed E-state index contributed by atoms with van der Waals surface area (Å²) in [6.45, 7) is 4.66. The number of hydrogen-bond donors (Lipinski definition) is 3. The van der Waals surface area contributed by atoms with Gasteiger partial charge in [0.2, 0.25) is 0 Å². The Hall–Kier alpha value is -0.770. The van der Waals surface area contributed by atoms with Crippen molar-refractivity contribution in [2.75, 3.05) is 6.54 Å². The van der Waals surface area contributed by atoms with E-state index in [4.69, 9.17) is 0 Å². The van der Waals surface area contributed by atoms with Gasteiger partial charge in [0.05, 0.1) is 6.10 Å². The number of carbonyl (C=O) groups is 1. The summed E-state index contributed by atoms with van der Waals surface area (Å²) in [4.78, 5) is 11.5. The fourth-order valence-electron chi connectivity index (χ4n) is 2.11. The maximum absolute atomic E-state index is 11.5. The number of aliphatic hydroxyl groups excluding tert-OH is 1. The van der Waals surface area contributed by atoms with E-state index < -0.39 is 0 Å². The summed E-state index contributed by atoms with van der Waals surface area (Å²) in [5, 5.41) is 15.4. The lowest BCUT2D eigenvalue weighted by atomic mass is 9.81. The van der Waals surface area contributed by atoms with E-state index in [-0.39, 0.29) is 17.6 Å². The Morgan fingerprint density at radius 3 is 2.56 bits per heavy atom. The quantitative estimate of drug-likeness (QED) is 0.675. The minimum absolute atomic E-state index is 0.144. The Morgan fingerprint density at radius 2 is 2.12 bits per heavy atom. The molecule has 2 saturated carbocycles. The second-order valence-corrected chi connectivity index (χ2v) is 5.86. The first kappa shape index (κ1) is 11.7. The third-order valence-electron chi connectivity index (χ3n) is 3.98. The highest BCUT2D eigenvalue weighted by Gasteiger charge is 2.46. The Balaban J connectivity index is 1.60. The SMILES string of the molecule is CC1(C)C[C@@H]1NC(=O)NCC(O)C1CCC1. The van der Waals surface area contributed by atoms with E-state index in [1.807, 2.05) is 0 Å². The van der Waals surface area contributed by atoms with Gasteiger partial charge in [-0.25, -0.2) is 4.79 Å². The van der Waals surface area contributed by atoms with Gasteiger partial charge in [0.15, 0.2) is 0 Å². The van der Waals surface area contributed by atoms with Gasteiger partial charge in [-0.3, -0.25) is 0 Å². The molecule has 2 atom stereocenters. The standard InChI is InChI=1S/C12H22N2O2/c1-12(2)6-10(12)14-11(16)13-7-9(15)8-4-3-5-8/h8-10,15H,3-7H2,1-2H3,(H2,13,14,16)/t9?,10-/m0/s1. The molecular formula is C12H22N2O2. The van der Waals surface area contributed by atoms with Gasteiger partial charge < -0.3 is 15.7 Å². The van der Waals surface area contributed by atoms with E-state index in [1.54, 1.807) is 0 Å². The summed E-state index contributed by atoms with van der Waals surface area (Å²) in [5.74, 6) is 0.401. The molecule has 2 amide bonds. The highest BCUT2D eigenvalue weighted by atomic mass is 16.3. The zero-order valence-electron chi connectivity index (χ0n) is 10.1. The van der Waals surface area contributed by atoms with Crippen molar-refractivity contribution in [1.82, 2.24) is 10.6 Å². The Morgan fingerprint density at radius 1 is 1.50 bits per heavy atom. The topological polar surface area (TPSA) is 61.4 Å². The third kappa shape index (κ3) is 2.67. The van der Waals surface area contributed by atoms with Crippen molar-refractivity contribution < 1.29 is 9.90 Å². The van der Waals surface area contributed by atoms with Crippen LogP contribution in [-0.4, -0.2) is 29.8 Å². The van der Waals surface area contributed by atoms with Crippen LogP contribution in [0.5, 0.6) is 0 Å². The number of nitrogens with one attached hydrogen (secondary N) is 2. The van der Waals surface area contributed by atoms with Crippen LogP contribution in [-0.2, 0) is 0 Å². The summed E-state index contributed by atoms with van der Waals surface area (Å²) in [6.07, 6.45) is 4.09. The van der Waals surface area contributed by atoms with Gasteiger partial charge in [0.25, 0.3) is 0 Å². The Kier molecular flexibility index (Phi) is 3.10. The molecule has 0 radical (unpaired) electrons. The van der Waals surface area contributed by atoms with E-state index in [0.29, 0.717) is 18.5 Å². The number of amides is 2. The fourth-order valence-corrected chi connectivity index (χ4v) is 2.11. The van der Waals surface area contributed by atoms with Crippen LogP contribution in [0.4, 0.5) is 4.79 Å². The van der Waals surface area contributed by atoms with Crippen LogP contribution in [0, 0.1) is 11.3 Å². The monoisotopic (exact) mass is 226 g/mol. The number of rotatable bonds is 4. The minimum atomic E-state index is -0.369. The first-order valence-electron chi connectivity index (χ1n) is 6.21. The van der Waals surface area contributed by atoms with Crippen molar-refractivity contribution in [3.63, 3.8) is 0 Å². The summed E-state index contributed by atoms with van der Waals surface area (Å²) in [7, 11) is 0. The minimum Gasteiger partial charge on any atom is -0.391 e. The molecule has 0 spiro atoms. The highest BCUT2D eigenvalue weighted by molar-refractivity contribution is 5.74. The molecule has 2 aliphatic rings. The lowest BCUT2D eigenvalue weighted by molar-refractivity contribution is 0.0642. The van der Waals surface area contributed by atoms with E-state index >= 15 is 0 Å². The molecule has 2 aliphatic carbocycles. The molecule has 4 nitrogen and oxygen atoms in total. The summed E-state index contributed by atoms with van der Waals surface area (Å²) >= 11 is 0. The number of hydrogen-bond acceptors (Lipinski definition) is 2. The Bertz CT molecular complexity index is 274. The summed E-state index contributed by atoms with van der Waals surface area (Å²) < 4.78 is 0. The molecule has 0 aromatic heterocycles. The lowest BCUT2D eigenvalue weighted by Gasteiger charge is -2.30. The van der Waals surface area contributed by atoms with Crippen LogP contribution in [0.2, 0.25) is 0 Å². The molecule has 0 heterocycles. The summed E-state index contributed by atoms with van der Waals surface area (Å²) in [5.41, 5.74) is 0.254. The predicted octanol–water partition coefficient (Wildman–Crippen LogP) is 1.25. The summed E-state index contributed by atoms with van der Waals surface area (Å²) in [6, 6.07) is 0.155. The van der Waals surface area contributed by atoms with Gasteiger partial charge in [-0.2, -0.15) is 0 Å². The maximum atomic E-state index is 11.5. The van der Waals surface area contributed by atoms with E-state index in [1.165, 1.54) is 6.42 Å². The van der Waals surface area contributed by atoms with Crippen LogP contribution in [0.15, 0.2) is 0 Å². The van der Waals surface area contributed by atoms with Gasteiger partial charge in [0.1, 0.15) is 0 Å². The molecule has 0 aliphatic heterocycles. The number of urea groups is 1. The normalized spacial score (nSPS) is 29.1. The maximum Gasteiger partial charge on any atom is 0.315 e. The molecular weight excluding hydrogens is 204 g/mol. The average molecular weight is 226 g/mol. The van der Waals surface area contributed by atoms with E-state index in [0.717, 1.165) is 19.3 Å². The molecule has 0 aromatic rings. The molecule has 16 heavy (non-hydrogen) atoms. The molecule has 4 heteroatoms. The van der Waals surface area contributed by atoms with Gasteiger partial charge in [-0.05, 0) is 30.6 Å². The Labute approximate surface area is 96.8 Å². The van der Waals surface area contributed by atoms with Crippen molar-refractivity contribution in [2.45, 2.75) is 51.7 Å². The van der Waals surface area contributed by atoms with Crippen molar-refractivity contribution in [3.05, 3.63) is 0 Å². The van der Waals surface area contributed by atoms with Crippen LogP contribution in [0.3, 0.4) is 0 Å². The second-order valence-electron chi connectivity index (χ2n) is 5.86. The average Bonchev–Trinajstić information content (AvgIpc) is 2.67. The fraction of sp³-hybridized carbons (Fsp3) is 0.917. The van der Waals surface area contributed by atoms with Crippen LogP contribution in [0.1, 0.15) is 39.5 Å². The zero-order chi connectivity index (χ0) is 11.8. The van der Waals surface area contributed by atoms with Crippen LogP contribution < -0.4 is 10.6 Å². The molecule has 0 aromatic carbocycles. The predicted molar refractivity (Wildman–Crippen MR) is 62.1 cm³/mol. The van der Waals surface area contributed by atoms with Gasteiger partial charge in [-0.1, -0.05) is 20.3 Å². The second kappa shape index (κ2) is 4.24. The number of carbonyl (C=O) groups excluding carboxylic acids is 1. The molecule has 2 fully saturated rings. The first-order chi connectivity index (χ1) is 7.49. The van der Waals surface area contributed by atoms with Crippen LogP contribution >= 0.6 is 0 Å². The van der Waals surface area contributed by atoms with E-state index in [9.17, 15) is 9.90 Å². The highest BCUT2D eigenvalue weighted by Crippen LogP contribution is 2.44. The molecule has 92 valence electrons. The van der Waals surface area contributed by atoms with Crippen LogP contribution in [0.25, 0.3) is 0 Å². The van der Waals surface area contributed by atoms with Gasteiger partial charge >= 0.3 is 6.03 Å². The third-order valence-corrected chi connectivity index (χ3v) is 3.98. The first-order valence-corrected chi connectivity index (χ1v) is 6.21. The van der Waals surface area contributed by atoms with Crippen molar-refractivity contribution in [3.8, 4) is 0 Å². The molecule has 2 rings (SSSR count). The smallest absolute Gasteiger partial charge is 0.315 e.